The van der Waals surface area contributed by atoms with Crippen LogP contribution in [0.5, 0.6) is 11.5 Å². The first-order valence-electron chi connectivity index (χ1n) is 16.1. The highest BCUT2D eigenvalue weighted by atomic mass is 32.2. The van der Waals surface area contributed by atoms with Crippen molar-refractivity contribution in [2.45, 2.75) is 119 Å². The molecule has 2 unspecified atom stereocenters. The van der Waals surface area contributed by atoms with Gasteiger partial charge in [0.2, 0.25) is 0 Å². The smallest absolute Gasteiger partial charge is 0.306 e. The second-order valence-electron chi connectivity index (χ2n) is 16.4. The van der Waals surface area contributed by atoms with E-state index in [2.05, 4.69) is 83.1 Å². The molecule has 0 aliphatic rings. The van der Waals surface area contributed by atoms with Crippen molar-refractivity contribution in [1.29, 1.82) is 0 Å². The molecular formula is C38H58O6S. The van der Waals surface area contributed by atoms with Crippen LogP contribution in [0, 0.1) is 10.8 Å². The zero-order valence-electron chi connectivity index (χ0n) is 29.8. The Labute approximate surface area is 276 Å². The summed E-state index contributed by atoms with van der Waals surface area (Å²) in [7, 11) is 0. The van der Waals surface area contributed by atoms with E-state index in [0.717, 1.165) is 22.3 Å². The number of benzene rings is 2. The van der Waals surface area contributed by atoms with Crippen molar-refractivity contribution in [2.24, 2.45) is 10.8 Å². The van der Waals surface area contributed by atoms with E-state index in [9.17, 15) is 19.8 Å². The van der Waals surface area contributed by atoms with Crippen LogP contribution in [0.1, 0.15) is 130 Å². The largest absolute Gasteiger partial charge is 0.508 e. The van der Waals surface area contributed by atoms with Crippen LogP contribution in [0.15, 0.2) is 36.4 Å². The molecule has 0 aliphatic carbocycles. The molecule has 45 heavy (non-hydrogen) atoms. The van der Waals surface area contributed by atoms with E-state index in [1.807, 2.05) is 24.3 Å². The number of aromatic hydroxyl groups is 2. The summed E-state index contributed by atoms with van der Waals surface area (Å²) in [5, 5.41) is 20.8. The predicted octanol–water partition coefficient (Wildman–Crippen LogP) is 9.25. The van der Waals surface area contributed by atoms with Crippen molar-refractivity contribution in [3.8, 4) is 11.5 Å². The monoisotopic (exact) mass is 642 g/mol. The molecule has 0 radical (unpaired) electrons. The molecule has 0 aliphatic heterocycles. The third-order valence-corrected chi connectivity index (χ3v) is 9.19. The number of rotatable bonds is 12. The maximum absolute atomic E-state index is 12.8. The molecule has 2 atom stereocenters. The molecule has 252 valence electrons. The van der Waals surface area contributed by atoms with Crippen LogP contribution in [-0.2, 0) is 29.9 Å². The highest BCUT2D eigenvalue weighted by Crippen LogP contribution is 2.42. The van der Waals surface area contributed by atoms with Crippen molar-refractivity contribution < 1.29 is 29.3 Å². The summed E-state index contributed by atoms with van der Waals surface area (Å²) in [6.07, 6.45) is 0.515. The first kappa shape index (κ1) is 38.5. The lowest BCUT2D eigenvalue weighted by molar-refractivity contribution is -0.144. The van der Waals surface area contributed by atoms with E-state index in [0.29, 0.717) is 24.7 Å². The van der Waals surface area contributed by atoms with Gasteiger partial charge in [-0.25, -0.2) is 0 Å². The first-order chi connectivity index (χ1) is 20.5. The Morgan fingerprint density at radius 2 is 0.956 bits per heavy atom. The third kappa shape index (κ3) is 11.9. The molecule has 0 aromatic heterocycles. The molecule has 0 spiro atoms. The van der Waals surface area contributed by atoms with E-state index >= 15 is 0 Å². The number of phenolic OH excluding ortho intramolecular Hbond substituents is 2. The molecule has 0 saturated heterocycles. The number of esters is 2. The number of thioether (sulfide) groups is 1. The zero-order valence-corrected chi connectivity index (χ0v) is 30.6. The van der Waals surface area contributed by atoms with Gasteiger partial charge in [-0.3, -0.25) is 9.59 Å². The van der Waals surface area contributed by atoms with Gasteiger partial charge in [0.1, 0.15) is 24.7 Å². The average Bonchev–Trinajstić information content (AvgIpc) is 2.88. The van der Waals surface area contributed by atoms with E-state index in [4.69, 9.17) is 9.47 Å². The van der Waals surface area contributed by atoms with Crippen LogP contribution in [0.3, 0.4) is 0 Å². The van der Waals surface area contributed by atoms with Crippen LogP contribution in [0.2, 0.25) is 0 Å². The molecule has 2 aromatic rings. The summed E-state index contributed by atoms with van der Waals surface area (Å²) >= 11 is 1.58. The Balaban J connectivity index is 1.85. The van der Waals surface area contributed by atoms with Crippen molar-refractivity contribution in [3.05, 3.63) is 58.7 Å². The number of ether oxygens (including phenoxy) is 2. The lowest BCUT2D eigenvalue weighted by Crippen LogP contribution is -2.24. The van der Waals surface area contributed by atoms with Crippen molar-refractivity contribution >= 4 is 23.7 Å². The molecule has 2 N–H and O–H groups in total. The molecule has 0 heterocycles. The van der Waals surface area contributed by atoms with Crippen LogP contribution < -0.4 is 0 Å². The lowest BCUT2D eigenvalue weighted by atomic mass is 9.73. The number of hydrogen-bond donors (Lipinski definition) is 2. The van der Waals surface area contributed by atoms with Crippen molar-refractivity contribution in [2.75, 3.05) is 24.7 Å². The molecule has 6 nitrogen and oxygen atoms in total. The molecular weight excluding hydrogens is 584 g/mol. The zero-order chi connectivity index (χ0) is 34.4. The highest BCUT2D eigenvalue weighted by Gasteiger charge is 2.32. The topological polar surface area (TPSA) is 93.1 Å². The molecule has 0 bridgehead atoms. The molecule has 7 heteroatoms. The summed E-state index contributed by atoms with van der Waals surface area (Å²) < 4.78 is 11.2. The summed E-state index contributed by atoms with van der Waals surface area (Å²) in [6.45, 7) is 25.6. The van der Waals surface area contributed by atoms with E-state index in [1.54, 1.807) is 23.9 Å². The SMILES string of the molecule is CC(C)(C)c1cc(C(CC(=O)OCCSCCOC(=O)CC(c2ccc(O)c(C(C)(C)C)c2)C(C)(C)C)C(C)(C)C)ccc1O. The summed E-state index contributed by atoms with van der Waals surface area (Å²) in [5.41, 5.74) is 2.99. The second-order valence-corrected chi connectivity index (χ2v) is 17.6. The molecule has 0 saturated carbocycles. The van der Waals surface area contributed by atoms with Gasteiger partial charge in [-0.2, -0.15) is 11.8 Å². The van der Waals surface area contributed by atoms with Crippen LogP contribution in [0.25, 0.3) is 0 Å². The maximum Gasteiger partial charge on any atom is 0.306 e. The fourth-order valence-corrected chi connectivity index (χ4v) is 6.18. The fraction of sp³-hybridized carbons (Fsp3) is 0.632. The van der Waals surface area contributed by atoms with Gasteiger partial charge in [-0.1, -0.05) is 107 Å². The van der Waals surface area contributed by atoms with Crippen LogP contribution >= 0.6 is 11.8 Å². The third-order valence-electron chi connectivity index (χ3n) is 8.28. The minimum absolute atomic E-state index is 0.0580. The van der Waals surface area contributed by atoms with Crippen molar-refractivity contribution in [1.82, 2.24) is 0 Å². The number of phenols is 2. The Morgan fingerprint density at radius 3 is 1.24 bits per heavy atom. The Kier molecular flexibility index (Phi) is 13.1. The van der Waals surface area contributed by atoms with Gasteiger partial charge in [-0.05, 0) is 67.9 Å². The average molecular weight is 643 g/mol. The summed E-state index contributed by atoms with van der Waals surface area (Å²) in [4.78, 5) is 25.7. The summed E-state index contributed by atoms with van der Waals surface area (Å²) in [5.74, 6) is 1.16. The van der Waals surface area contributed by atoms with Gasteiger partial charge < -0.3 is 19.7 Å². The van der Waals surface area contributed by atoms with E-state index in [-0.39, 0.29) is 69.8 Å². The number of carbonyl (C=O) groups is 2. The van der Waals surface area contributed by atoms with Gasteiger partial charge in [-0.15, -0.1) is 0 Å². The molecule has 2 rings (SSSR count). The lowest BCUT2D eigenvalue weighted by Gasteiger charge is -2.32. The van der Waals surface area contributed by atoms with E-state index in [1.165, 1.54) is 0 Å². The minimum Gasteiger partial charge on any atom is -0.508 e. The van der Waals surface area contributed by atoms with Crippen LogP contribution in [0.4, 0.5) is 0 Å². The number of carbonyl (C=O) groups excluding carboxylic acids is 2. The normalized spacial score (nSPS) is 14.1. The fourth-order valence-electron chi connectivity index (χ4n) is 5.57. The van der Waals surface area contributed by atoms with Crippen LogP contribution in [-0.4, -0.2) is 46.9 Å². The quantitative estimate of drug-likeness (QED) is 0.176. The molecule has 0 fully saturated rings. The van der Waals surface area contributed by atoms with Gasteiger partial charge in [0, 0.05) is 11.5 Å². The van der Waals surface area contributed by atoms with E-state index < -0.39 is 0 Å². The maximum atomic E-state index is 12.8. The Bertz CT molecular complexity index is 1190. The second kappa shape index (κ2) is 15.3. The van der Waals surface area contributed by atoms with Gasteiger partial charge >= 0.3 is 11.9 Å². The summed E-state index contributed by atoms with van der Waals surface area (Å²) in [6, 6.07) is 11.3. The highest BCUT2D eigenvalue weighted by molar-refractivity contribution is 7.99. The minimum atomic E-state index is -0.246. The first-order valence-corrected chi connectivity index (χ1v) is 17.2. The Hall–Kier alpha value is -2.67. The number of hydrogen-bond acceptors (Lipinski definition) is 7. The van der Waals surface area contributed by atoms with Gasteiger partial charge in [0.25, 0.3) is 0 Å². The van der Waals surface area contributed by atoms with Gasteiger partial charge in [0.05, 0.1) is 12.8 Å². The van der Waals surface area contributed by atoms with Gasteiger partial charge in [0.15, 0.2) is 0 Å². The molecule has 2 aromatic carbocycles. The molecule has 0 amide bonds. The predicted molar refractivity (Wildman–Crippen MR) is 186 cm³/mol. The Morgan fingerprint density at radius 1 is 0.622 bits per heavy atom. The van der Waals surface area contributed by atoms with Crippen molar-refractivity contribution in [3.63, 3.8) is 0 Å². The standard InChI is InChI=1S/C38H58O6S/c1-35(2,3)27(25-13-15-31(39)29(21-25)37(7,8)9)23-33(41)43-17-19-45-20-18-44-34(42)24-28(36(4,5)6)26-14-16-32(40)30(22-26)38(10,11)12/h13-16,21-22,27-28,39-40H,17-20,23-24H2,1-12H3.